The number of carbonyl (C=O) groups excluding carboxylic acids is 2. The van der Waals surface area contributed by atoms with E-state index < -0.39 is 28.0 Å². The van der Waals surface area contributed by atoms with Crippen molar-refractivity contribution >= 4 is 44.3 Å². The van der Waals surface area contributed by atoms with Gasteiger partial charge in [-0.15, -0.1) is 0 Å². The van der Waals surface area contributed by atoms with Gasteiger partial charge in [-0.05, 0) is 60.7 Å². The van der Waals surface area contributed by atoms with Gasteiger partial charge in [0.05, 0.1) is 4.90 Å². The van der Waals surface area contributed by atoms with E-state index in [1.165, 1.54) is 48.3 Å². The molecule has 1 amide bonds. The zero-order valence-electron chi connectivity index (χ0n) is 24.1. The van der Waals surface area contributed by atoms with Crippen LogP contribution >= 0.6 is 0 Å². The first kappa shape index (κ1) is 30.1. The average Bonchev–Trinajstić information content (AvgIpc) is 3.02. The highest BCUT2D eigenvalue weighted by atomic mass is 32.2. The maximum absolute atomic E-state index is 13.7. The van der Waals surface area contributed by atoms with Crippen molar-refractivity contribution in [2.75, 3.05) is 10.0 Å². The number of nitrogens with one attached hydrogen (secondary N) is 2. The van der Waals surface area contributed by atoms with Crippen LogP contribution < -0.4 is 15.6 Å². The molecule has 0 fully saturated rings. The molecule has 5 rings (SSSR count). The third-order valence-electron chi connectivity index (χ3n) is 6.97. The fourth-order valence-electron chi connectivity index (χ4n) is 4.69. The molecule has 0 saturated heterocycles. The number of hydrogen-bond acceptors (Lipinski definition) is 8. The Morgan fingerprint density at radius 2 is 1.55 bits per heavy atom. The first-order valence-corrected chi connectivity index (χ1v) is 15.2. The number of nitrogens with zero attached hydrogens (tertiary/aromatic N) is 3. The van der Waals surface area contributed by atoms with Crippen molar-refractivity contribution in [2.24, 2.45) is 7.05 Å². The fraction of sp³-hybridized carbons (Fsp3) is 0.156. The highest BCUT2D eigenvalue weighted by Gasteiger charge is 2.28. The van der Waals surface area contributed by atoms with Crippen molar-refractivity contribution in [1.29, 1.82) is 0 Å². The van der Waals surface area contributed by atoms with Gasteiger partial charge in [-0.3, -0.25) is 9.59 Å². The number of sulfonamides is 1. The molecular formula is C32H29N5O6S. The zero-order chi connectivity index (χ0) is 31.4. The molecule has 12 heteroatoms. The second-order valence-electron chi connectivity index (χ2n) is 9.99. The number of carbonyl (C=O) groups is 2. The van der Waals surface area contributed by atoms with Crippen LogP contribution in [0.15, 0.2) is 101 Å². The number of rotatable bonds is 9. The summed E-state index contributed by atoms with van der Waals surface area (Å²) in [5.74, 6) is -1.52. The zero-order valence-corrected chi connectivity index (χ0v) is 25.0. The van der Waals surface area contributed by atoms with Crippen LogP contribution in [0.25, 0.3) is 21.9 Å². The summed E-state index contributed by atoms with van der Waals surface area (Å²) in [6.07, 6.45) is 1.76. The van der Waals surface area contributed by atoms with Crippen LogP contribution in [0.1, 0.15) is 29.4 Å². The normalized spacial score (nSPS) is 12.0. The van der Waals surface area contributed by atoms with E-state index in [0.29, 0.717) is 16.3 Å². The smallest absolute Gasteiger partial charge is 0.356 e. The highest BCUT2D eigenvalue weighted by Crippen LogP contribution is 2.31. The van der Waals surface area contributed by atoms with E-state index >= 15 is 0 Å². The van der Waals surface area contributed by atoms with Gasteiger partial charge in [-0.25, -0.2) is 27.9 Å². The van der Waals surface area contributed by atoms with E-state index in [2.05, 4.69) is 20.0 Å². The lowest BCUT2D eigenvalue weighted by Crippen LogP contribution is -2.34. The number of benzene rings is 3. The Balaban J connectivity index is 1.39. The van der Waals surface area contributed by atoms with Crippen LogP contribution in [0.2, 0.25) is 0 Å². The van der Waals surface area contributed by atoms with Crippen molar-refractivity contribution in [1.82, 2.24) is 14.5 Å². The second-order valence-corrected chi connectivity index (χ2v) is 11.7. The van der Waals surface area contributed by atoms with Crippen LogP contribution in [0.5, 0.6) is 0 Å². The monoisotopic (exact) mass is 611 g/mol. The summed E-state index contributed by atoms with van der Waals surface area (Å²) in [7, 11) is -2.47. The molecule has 5 aromatic rings. The SMILES string of the molecule is CCC(OC(=O)c1c(-c2ccc(C)cc2)c2ccccc2c(=O)n1C)C(=O)Nc1ccc(S(=O)(=O)Nc2ncccn2)cc1. The van der Waals surface area contributed by atoms with E-state index in [1.807, 2.05) is 31.2 Å². The quantitative estimate of drug-likeness (QED) is 0.228. The highest BCUT2D eigenvalue weighted by molar-refractivity contribution is 7.92. The number of ether oxygens (including phenoxy) is 1. The van der Waals surface area contributed by atoms with Gasteiger partial charge in [0.1, 0.15) is 5.69 Å². The molecule has 224 valence electrons. The Morgan fingerprint density at radius 1 is 0.909 bits per heavy atom. The molecule has 0 radical (unpaired) electrons. The predicted octanol–water partition coefficient (Wildman–Crippen LogP) is 4.68. The van der Waals surface area contributed by atoms with E-state index in [1.54, 1.807) is 37.3 Å². The number of aryl methyl sites for hydroxylation is 1. The minimum Gasteiger partial charge on any atom is -0.448 e. The molecule has 1 unspecified atom stereocenters. The van der Waals surface area contributed by atoms with Crippen LogP contribution in [-0.2, 0) is 26.6 Å². The number of anilines is 2. The molecule has 11 nitrogen and oxygen atoms in total. The molecule has 2 aromatic heterocycles. The van der Waals surface area contributed by atoms with E-state index in [4.69, 9.17) is 4.74 Å². The number of amides is 1. The van der Waals surface area contributed by atoms with Gasteiger partial charge >= 0.3 is 5.97 Å². The lowest BCUT2D eigenvalue weighted by atomic mass is 9.96. The molecule has 1 atom stereocenters. The molecule has 0 aliphatic rings. The number of aromatic nitrogens is 3. The Morgan fingerprint density at radius 3 is 2.18 bits per heavy atom. The molecule has 0 bridgehead atoms. The van der Waals surface area contributed by atoms with Gasteiger partial charge in [-0.1, -0.05) is 55.0 Å². The van der Waals surface area contributed by atoms with E-state index in [-0.39, 0.29) is 34.2 Å². The van der Waals surface area contributed by atoms with Gasteiger partial charge in [0, 0.05) is 36.1 Å². The predicted molar refractivity (Wildman–Crippen MR) is 167 cm³/mol. The molecule has 0 aliphatic heterocycles. The van der Waals surface area contributed by atoms with Crippen LogP contribution in [0.4, 0.5) is 11.6 Å². The summed E-state index contributed by atoms with van der Waals surface area (Å²) in [6.45, 7) is 3.64. The molecule has 0 spiro atoms. The van der Waals surface area contributed by atoms with Crippen LogP contribution in [0, 0.1) is 6.92 Å². The first-order valence-electron chi connectivity index (χ1n) is 13.7. The summed E-state index contributed by atoms with van der Waals surface area (Å²) in [4.78, 5) is 47.8. The molecular weight excluding hydrogens is 582 g/mol. The maximum Gasteiger partial charge on any atom is 0.356 e. The summed E-state index contributed by atoms with van der Waals surface area (Å²) in [5.41, 5.74) is 2.21. The lowest BCUT2D eigenvalue weighted by molar-refractivity contribution is -0.124. The van der Waals surface area contributed by atoms with Crippen LogP contribution in [-0.4, -0.2) is 40.9 Å². The van der Waals surface area contributed by atoms with E-state index in [9.17, 15) is 22.8 Å². The van der Waals surface area contributed by atoms with Gasteiger partial charge < -0.3 is 14.6 Å². The first-order chi connectivity index (χ1) is 21.1. The Bertz CT molecular complexity index is 2010. The molecule has 0 saturated carbocycles. The van der Waals surface area contributed by atoms with Gasteiger partial charge in [0.15, 0.2) is 6.10 Å². The number of pyridine rings is 1. The van der Waals surface area contributed by atoms with Gasteiger partial charge in [0.25, 0.3) is 21.5 Å². The summed E-state index contributed by atoms with van der Waals surface area (Å²) in [6, 6.07) is 21.6. The standard InChI is InChI=1S/C32H29N5O6S/c1-4-26(29(38)35-22-14-16-23(17-15-22)44(41,42)36-32-33-18-7-19-34-32)43-31(40)28-27(21-12-10-20(2)11-13-21)24-8-5-6-9-25(24)30(39)37(28)3/h5-19,26H,4H2,1-3H3,(H,35,38)(H,33,34,36). The Kier molecular flexibility index (Phi) is 8.54. The lowest BCUT2D eigenvalue weighted by Gasteiger charge is -2.20. The topological polar surface area (TPSA) is 149 Å². The van der Waals surface area contributed by atoms with Gasteiger partial charge in [-0.2, -0.15) is 0 Å². The average molecular weight is 612 g/mol. The number of esters is 1. The third-order valence-corrected chi connectivity index (χ3v) is 8.32. The van der Waals surface area contributed by atoms with Crippen LogP contribution in [0.3, 0.4) is 0 Å². The second kappa shape index (κ2) is 12.5. The molecule has 2 N–H and O–H groups in total. The van der Waals surface area contributed by atoms with Crippen molar-refractivity contribution in [3.8, 4) is 11.1 Å². The molecule has 3 aromatic carbocycles. The van der Waals surface area contributed by atoms with Crippen molar-refractivity contribution in [3.05, 3.63) is 113 Å². The summed E-state index contributed by atoms with van der Waals surface area (Å²) in [5, 5.41) is 3.70. The van der Waals surface area contributed by atoms with Gasteiger partial charge in [0.2, 0.25) is 5.95 Å². The minimum atomic E-state index is -3.96. The molecule has 44 heavy (non-hydrogen) atoms. The minimum absolute atomic E-state index is 0.0215. The fourth-order valence-corrected chi connectivity index (χ4v) is 5.65. The number of fused-ring (bicyclic) bond motifs is 1. The van der Waals surface area contributed by atoms with Crippen molar-refractivity contribution < 1.29 is 22.7 Å². The Labute approximate surface area is 253 Å². The third kappa shape index (κ3) is 6.20. The van der Waals surface area contributed by atoms with Crippen molar-refractivity contribution in [3.63, 3.8) is 0 Å². The maximum atomic E-state index is 13.7. The van der Waals surface area contributed by atoms with E-state index in [0.717, 1.165) is 11.1 Å². The number of hydrogen-bond donors (Lipinski definition) is 2. The molecule has 0 aliphatic carbocycles. The summed E-state index contributed by atoms with van der Waals surface area (Å²) >= 11 is 0. The summed E-state index contributed by atoms with van der Waals surface area (Å²) < 4.78 is 34.6. The molecule has 2 heterocycles. The van der Waals surface area contributed by atoms with Crippen molar-refractivity contribution in [2.45, 2.75) is 31.3 Å². The largest absolute Gasteiger partial charge is 0.448 e. The Hall–Kier alpha value is -5.36.